The first-order valence-corrected chi connectivity index (χ1v) is 7.10. The molecule has 87 valence electrons. The van der Waals surface area contributed by atoms with Crippen LogP contribution >= 0.6 is 22.7 Å². The van der Waals surface area contributed by atoms with E-state index in [1.54, 1.807) is 17.5 Å². The average molecular weight is 271 g/mol. The van der Waals surface area contributed by atoms with Crippen molar-refractivity contribution in [3.05, 3.63) is 40.1 Å². The zero-order chi connectivity index (χ0) is 11.9. The summed E-state index contributed by atoms with van der Waals surface area (Å²) < 4.78 is 1.07. The first-order valence-electron chi connectivity index (χ1n) is 5.40. The van der Waals surface area contributed by atoms with Crippen LogP contribution in [0.3, 0.4) is 0 Å². The van der Waals surface area contributed by atoms with E-state index < -0.39 is 0 Å². The predicted octanol–water partition coefficient (Wildman–Crippen LogP) is 2.94. The minimum Gasteiger partial charge on any atom is -0.326 e. The summed E-state index contributed by atoms with van der Waals surface area (Å²) >= 11 is 3.17. The van der Waals surface area contributed by atoms with E-state index in [-0.39, 0.29) is 0 Å². The van der Waals surface area contributed by atoms with E-state index in [9.17, 15) is 0 Å². The Hall–Kier alpha value is -1.79. The van der Waals surface area contributed by atoms with Gasteiger partial charge in [0.25, 0.3) is 0 Å². The van der Waals surface area contributed by atoms with Crippen molar-refractivity contribution in [3.63, 3.8) is 0 Å². The maximum absolute atomic E-state index is 4.46. The Bertz CT molecular complexity index is 743. The summed E-state index contributed by atoms with van der Waals surface area (Å²) in [5, 5.41) is 0. The van der Waals surface area contributed by atoms with Gasteiger partial charge in [0.15, 0.2) is 11.3 Å². The molecule has 1 aliphatic heterocycles. The molecular weight excluding hydrogens is 264 g/mol. The van der Waals surface area contributed by atoms with Gasteiger partial charge in [0.05, 0.1) is 32.8 Å². The summed E-state index contributed by atoms with van der Waals surface area (Å²) in [5.74, 6) is 0.932. The molecule has 0 saturated heterocycles. The Balaban J connectivity index is 1.83. The van der Waals surface area contributed by atoms with E-state index in [0.29, 0.717) is 0 Å². The van der Waals surface area contributed by atoms with E-state index in [0.717, 1.165) is 28.3 Å². The Kier molecular flexibility index (Phi) is 2.18. The number of nitrogens with zero attached hydrogens (tertiary/aromatic N) is 4. The van der Waals surface area contributed by atoms with Crippen molar-refractivity contribution in [2.45, 2.75) is 6.54 Å². The van der Waals surface area contributed by atoms with Crippen molar-refractivity contribution >= 4 is 44.8 Å². The lowest BCUT2D eigenvalue weighted by Gasteiger charge is -2.21. The summed E-state index contributed by atoms with van der Waals surface area (Å²) in [5.41, 5.74) is 6.85. The third-order valence-electron chi connectivity index (χ3n) is 2.85. The normalized spacial score (nSPS) is 14.1. The summed E-state index contributed by atoms with van der Waals surface area (Å²) in [6, 6.07) is 1.91. The van der Waals surface area contributed by atoms with Crippen molar-refractivity contribution < 1.29 is 0 Å². The van der Waals surface area contributed by atoms with E-state index in [1.807, 2.05) is 11.6 Å². The lowest BCUT2D eigenvalue weighted by molar-refractivity contribution is 0.907. The van der Waals surface area contributed by atoms with Gasteiger partial charge in [-0.2, -0.15) is 0 Å². The molecule has 0 atom stereocenters. The molecule has 4 nitrogen and oxygen atoms in total. The van der Waals surface area contributed by atoms with Gasteiger partial charge in [-0.25, -0.2) is 15.0 Å². The maximum atomic E-state index is 4.46. The highest BCUT2D eigenvalue weighted by molar-refractivity contribution is 7.17. The van der Waals surface area contributed by atoms with Crippen LogP contribution in [-0.2, 0) is 6.54 Å². The maximum Gasteiger partial charge on any atom is 0.153 e. The van der Waals surface area contributed by atoms with Gasteiger partial charge < -0.3 is 4.90 Å². The van der Waals surface area contributed by atoms with E-state index in [4.69, 9.17) is 0 Å². The second-order valence-electron chi connectivity index (χ2n) is 3.89. The lowest BCUT2D eigenvalue weighted by Crippen LogP contribution is -2.19. The molecule has 0 saturated carbocycles. The van der Waals surface area contributed by atoms with Crippen molar-refractivity contribution in [3.8, 4) is 0 Å². The van der Waals surface area contributed by atoms with Crippen LogP contribution in [0.1, 0.15) is 10.6 Å². The number of anilines is 1. The highest BCUT2D eigenvalue weighted by atomic mass is 32.1. The Morgan fingerprint density at radius 2 is 2.33 bits per heavy atom. The molecule has 6 heteroatoms. The first kappa shape index (κ1) is 10.2. The summed E-state index contributed by atoms with van der Waals surface area (Å²) in [6.07, 6.45) is 5.93. The second-order valence-corrected chi connectivity index (χ2v) is 5.58. The predicted molar refractivity (Wildman–Crippen MR) is 73.6 cm³/mol. The highest BCUT2D eigenvalue weighted by Crippen LogP contribution is 2.31. The molecule has 0 bridgehead atoms. The fraction of sp³-hybridized carbons (Fsp3) is 0.0833. The van der Waals surface area contributed by atoms with Gasteiger partial charge in [-0.3, -0.25) is 0 Å². The van der Waals surface area contributed by atoms with Crippen LogP contribution in [0, 0.1) is 5.51 Å². The van der Waals surface area contributed by atoms with Crippen molar-refractivity contribution in [1.82, 2.24) is 15.0 Å². The Morgan fingerprint density at radius 3 is 3.33 bits per heavy atom. The summed E-state index contributed by atoms with van der Waals surface area (Å²) in [6.45, 7) is 0.763. The fourth-order valence-corrected chi connectivity index (χ4v) is 3.39. The molecule has 18 heavy (non-hydrogen) atoms. The molecule has 3 aromatic heterocycles. The average Bonchev–Trinajstić information content (AvgIpc) is 3.05. The molecule has 4 heterocycles. The van der Waals surface area contributed by atoms with Gasteiger partial charge in [-0.1, -0.05) is 0 Å². The number of thiazole rings is 2. The number of fused-ring (bicyclic) bond motifs is 2. The van der Waals surface area contributed by atoms with Gasteiger partial charge in [0.1, 0.15) is 0 Å². The molecule has 0 aliphatic carbocycles. The van der Waals surface area contributed by atoms with Crippen LogP contribution in [0.15, 0.2) is 24.0 Å². The smallest absolute Gasteiger partial charge is 0.153 e. The molecule has 0 amide bonds. The van der Waals surface area contributed by atoms with Crippen molar-refractivity contribution in [2.24, 2.45) is 0 Å². The monoisotopic (exact) mass is 271 g/mol. The van der Waals surface area contributed by atoms with Crippen molar-refractivity contribution in [1.29, 1.82) is 0 Å². The largest absolute Gasteiger partial charge is 0.326 e. The quantitative estimate of drug-likeness (QED) is 0.682. The third-order valence-corrected chi connectivity index (χ3v) is 4.46. The first-order chi connectivity index (χ1) is 8.92. The van der Waals surface area contributed by atoms with Crippen molar-refractivity contribution in [2.75, 3.05) is 4.90 Å². The number of rotatable bonds is 1. The Labute approximate surface area is 111 Å². The van der Waals surface area contributed by atoms with Gasteiger partial charge in [-0.15, -0.1) is 22.7 Å². The highest BCUT2D eigenvalue weighted by Gasteiger charge is 2.17. The zero-order valence-electron chi connectivity index (χ0n) is 9.20. The molecule has 1 radical (unpaired) electrons. The molecule has 4 rings (SSSR count). The summed E-state index contributed by atoms with van der Waals surface area (Å²) in [7, 11) is 0. The number of aromatic nitrogens is 3. The Morgan fingerprint density at radius 1 is 1.33 bits per heavy atom. The third kappa shape index (κ3) is 1.46. The minimum atomic E-state index is 0.763. The van der Waals surface area contributed by atoms with Crippen LogP contribution in [0.4, 0.5) is 5.82 Å². The van der Waals surface area contributed by atoms with E-state index >= 15 is 0 Å². The van der Waals surface area contributed by atoms with Crippen LogP contribution in [-0.4, -0.2) is 15.0 Å². The van der Waals surface area contributed by atoms with Gasteiger partial charge in [-0.05, 0) is 12.1 Å². The SMILES string of the molecule is [c]1nc2ccnc(N3C=Cc4scnc4C3)c2s1. The topological polar surface area (TPSA) is 41.9 Å². The molecule has 0 N–H and O–H groups in total. The zero-order valence-corrected chi connectivity index (χ0v) is 10.8. The molecule has 3 aromatic rings. The van der Waals surface area contributed by atoms with Gasteiger partial charge in [0.2, 0.25) is 0 Å². The van der Waals surface area contributed by atoms with E-state index in [2.05, 4.69) is 37.6 Å². The van der Waals surface area contributed by atoms with Crippen LogP contribution < -0.4 is 4.90 Å². The minimum absolute atomic E-state index is 0.763. The van der Waals surface area contributed by atoms with Gasteiger partial charge in [0, 0.05) is 12.4 Å². The standard InChI is InChI=1S/C12H7N4S2/c1-3-13-12(11-8(1)14-7-18-11)16-4-2-10-9(5-16)15-6-17-10/h1-4,6H,5H2. The molecular formula is C12H7N4S2. The second kappa shape index (κ2) is 3.86. The fourth-order valence-electron chi connectivity index (χ4n) is 1.99. The van der Waals surface area contributed by atoms with E-state index in [1.165, 1.54) is 16.2 Å². The number of hydrogen-bond donors (Lipinski definition) is 0. The molecule has 0 fully saturated rings. The van der Waals surface area contributed by atoms with Gasteiger partial charge >= 0.3 is 0 Å². The molecule has 0 aromatic carbocycles. The number of hydrogen-bond acceptors (Lipinski definition) is 6. The van der Waals surface area contributed by atoms with Crippen LogP contribution in [0.2, 0.25) is 0 Å². The molecule has 1 aliphatic rings. The molecule has 0 unspecified atom stereocenters. The number of pyridine rings is 1. The summed E-state index contributed by atoms with van der Waals surface area (Å²) in [4.78, 5) is 16.4. The van der Waals surface area contributed by atoms with Crippen LogP contribution in [0.5, 0.6) is 0 Å². The lowest BCUT2D eigenvalue weighted by atomic mass is 10.2. The molecule has 0 spiro atoms. The van der Waals surface area contributed by atoms with Crippen LogP contribution in [0.25, 0.3) is 16.3 Å².